The van der Waals surface area contributed by atoms with Crippen LogP contribution in [0.1, 0.15) is 36.0 Å². The summed E-state index contributed by atoms with van der Waals surface area (Å²) in [7, 11) is 0. The average molecular weight is 413 g/mol. The first kappa shape index (κ1) is 20.7. The van der Waals surface area contributed by atoms with Crippen LogP contribution < -0.4 is 10.1 Å². The van der Waals surface area contributed by atoms with Crippen LogP contribution in [0.3, 0.4) is 0 Å². The summed E-state index contributed by atoms with van der Waals surface area (Å²) in [5.41, 5.74) is 4.16. The molecule has 4 nitrogen and oxygen atoms in total. The third-order valence-electron chi connectivity index (χ3n) is 6.04. The molecule has 2 aromatic rings. The Morgan fingerprint density at radius 2 is 2.07 bits per heavy atom. The number of benzene rings is 2. The van der Waals surface area contributed by atoms with Gasteiger partial charge < -0.3 is 14.8 Å². The molecule has 2 heterocycles. The second-order valence-electron chi connectivity index (χ2n) is 7.98. The molecule has 0 aliphatic carbocycles. The predicted molar refractivity (Wildman–Crippen MR) is 120 cm³/mol. The van der Waals surface area contributed by atoms with Crippen LogP contribution in [0.15, 0.2) is 47.4 Å². The Labute approximate surface area is 179 Å². The predicted octanol–water partition coefficient (Wildman–Crippen LogP) is 4.13. The maximum atomic E-state index is 6.08. The van der Waals surface area contributed by atoms with Gasteiger partial charge in [0.15, 0.2) is 0 Å². The van der Waals surface area contributed by atoms with Gasteiger partial charge in [0.2, 0.25) is 0 Å². The molecular weight excluding hydrogens is 380 g/mol. The zero-order valence-corrected chi connectivity index (χ0v) is 18.3. The highest BCUT2D eigenvalue weighted by molar-refractivity contribution is 7.98. The van der Waals surface area contributed by atoms with Gasteiger partial charge in [-0.2, -0.15) is 0 Å². The van der Waals surface area contributed by atoms with E-state index >= 15 is 0 Å². The quantitative estimate of drug-likeness (QED) is 0.546. The van der Waals surface area contributed by atoms with Crippen molar-refractivity contribution in [3.8, 4) is 5.75 Å². The second-order valence-corrected chi connectivity index (χ2v) is 8.86. The zero-order chi connectivity index (χ0) is 20.1. The molecule has 1 saturated heterocycles. The van der Waals surface area contributed by atoms with Gasteiger partial charge in [-0.25, -0.2) is 0 Å². The van der Waals surface area contributed by atoms with E-state index in [-0.39, 0.29) is 0 Å². The van der Waals surface area contributed by atoms with Crippen molar-refractivity contribution in [3.63, 3.8) is 0 Å². The van der Waals surface area contributed by atoms with E-state index in [4.69, 9.17) is 9.47 Å². The highest BCUT2D eigenvalue weighted by Gasteiger charge is 2.22. The molecule has 156 valence electrons. The summed E-state index contributed by atoms with van der Waals surface area (Å²) in [4.78, 5) is 3.81. The van der Waals surface area contributed by atoms with Crippen LogP contribution >= 0.6 is 11.8 Å². The van der Waals surface area contributed by atoms with E-state index in [0.717, 1.165) is 58.2 Å². The average Bonchev–Trinajstić information content (AvgIpc) is 2.77. The molecule has 1 fully saturated rings. The maximum Gasteiger partial charge on any atom is 0.119 e. The molecule has 1 unspecified atom stereocenters. The van der Waals surface area contributed by atoms with Crippen LogP contribution in [0.4, 0.5) is 0 Å². The SMILES string of the molecule is CSc1ccc(C2CNCc3cc(OCCCN4CCOC[C@@H]4C)ccc32)cc1. The number of ether oxygens (including phenoxy) is 2. The van der Waals surface area contributed by atoms with Gasteiger partial charge in [-0.3, -0.25) is 4.90 Å². The Kier molecular flexibility index (Phi) is 7.14. The lowest BCUT2D eigenvalue weighted by Gasteiger charge is -2.33. The first-order valence-corrected chi connectivity index (χ1v) is 11.9. The van der Waals surface area contributed by atoms with Crippen molar-refractivity contribution in [2.45, 2.75) is 36.7 Å². The number of nitrogens with zero attached hydrogens (tertiary/aromatic N) is 1. The molecule has 2 aliphatic heterocycles. The van der Waals surface area contributed by atoms with Crippen molar-refractivity contribution in [2.75, 3.05) is 45.7 Å². The van der Waals surface area contributed by atoms with E-state index in [2.05, 4.69) is 65.9 Å². The van der Waals surface area contributed by atoms with Gasteiger partial charge in [-0.1, -0.05) is 18.2 Å². The van der Waals surface area contributed by atoms with Crippen LogP contribution in [-0.4, -0.2) is 56.7 Å². The fraction of sp³-hybridized carbons (Fsp3) is 0.500. The Balaban J connectivity index is 1.35. The van der Waals surface area contributed by atoms with Crippen LogP contribution in [0.2, 0.25) is 0 Å². The molecule has 0 bridgehead atoms. The standard InChI is InChI=1S/C24H32N2O2S/c1-18-17-27-13-11-26(18)10-3-12-28-21-6-9-23-20(14-21)15-25-16-24(23)19-4-7-22(29-2)8-5-19/h4-9,14,18,24-25H,3,10-13,15-17H2,1-2H3/t18-,24?/m0/s1. The molecule has 0 saturated carbocycles. The molecule has 0 aromatic heterocycles. The van der Waals surface area contributed by atoms with Gasteiger partial charge in [-0.15, -0.1) is 11.8 Å². The van der Waals surface area contributed by atoms with E-state index in [1.54, 1.807) is 11.8 Å². The fourth-order valence-electron chi connectivity index (χ4n) is 4.31. The summed E-state index contributed by atoms with van der Waals surface area (Å²) >= 11 is 1.79. The van der Waals surface area contributed by atoms with Crippen molar-refractivity contribution in [1.29, 1.82) is 0 Å². The van der Waals surface area contributed by atoms with Gasteiger partial charge >= 0.3 is 0 Å². The number of hydrogen-bond acceptors (Lipinski definition) is 5. The van der Waals surface area contributed by atoms with Crippen molar-refractivity contribution < 1.29 is 9.47 Å². The second kappa shape index (κ2) is 9.98. The summed E-state index contributed by atoms with van der Waals surface area (Å²) in [5.74, 6) is 1.39. The Bertz CT molecular complexity index is 796. The minimum atomic E-state index is 0.409. The number of hydrogen-bond donors (Lipinski definition) is 1. The summed E-state index contributed by atoms with van der Waals surface area (Å²) < 4.78 is 11.6. The first-order chi connectivity index (χ1) is 14.2. The summed E-state index contributed by atoms with van der Waals surface area (Å²) in [6.45, 7) is 8.71. The highest BCUT2D eigenvalue weighted by Crippen LogP contribution is 2.33. The smallest absolute Gasteiger partial charge is 0.119 e. The molecular formula is C24H32N2O2S. The fourth-order valence-corrected chi connectivity index (χ4v) is 4.72. The van der Waals surface area contributed by atoms with Crippen LogP contribution in [0.5, 0.6) is 5.75 Å². The Morgan fingerprint density at radius 1 is 1.21 bits per heavy atom. The molecule has 0 amide bonds. The van der Waals surface area contributed by atoms with Gasteiger partial charge in [0.1, 0.15) is 5.75 Å². The number of thioether (sulfide) groups is 1. The summed E-state index contributed by atoms with van der Waals surface area (Å²) in [6, 6.07) is 16.1. The molecule has 2 aliphatic rings. The lowest BCUT2D eigenvalue weighted by molar-refractivity contribution is -0.00201. The van der Waals surface area contributed by atoms with E-state index in [0.29, 0.717) is 12.0 Å². The topological polar surface area (TPSA) is 33.7 Å². The summed E-state index contributed by atoms with van der Waals surface area (Å²) in [5, 5.41) is 3.58. The number of nitrogens with one attached hydrogen (secondary N) is 1. The van der Waals surface area contributed by atoms with E-state index < -0.39 is 0 Å². The van der Waals surface area contributed by atoms with Crippen LogP contribution in [0.25, 0.3) is 0 Å². The maximum absolute atomic E-state index is 6.08. The molecule has 2 aromatic carbocycles. The van der Waals surface area contributed by atoms with E-state index in [1.165, 1.54) is 21.6 Å². The monoisotopic (exact) mass is 412 g/mol. The Hall–Kier alpha value is -1.53. The van der Waals surface area contributed by atoms with Gasteiger partial charge in [0.25, 0.3) is 0 Å². The molecule has 0 spiro atoms. The molecule has 0 radical (unpaired) electrons. The lowest BCUT2D eigenvalue weighted by atomic mass is 9.85. The molecule has 5 heteroatoms. The molecule has 1 N–H and O–H groups in total. The van der Waals surface area contributed by atoms with E-state index in [1.807, 2.05) is 0 Å². The third kappa shape index (κ3) is 5.15. The van der Waals surface area contributed by atoms with Gasteiger partial charge in [0.05, 0.1) is 19.8 Å². The van der Waals surface area contributed by atoms with Crippen LogP contribution in [0, 0.1) is 0 Å². The van der Waals surface area contributed by atoms with Crippen molar-refractivity contribution in [3.05, 3.63) is 59.2 Å². The Morgan fingerprint density at radius 3 is 2.86 bits per heavy atom. The van der Waals surface area contributed by atoms with Crippen LogP contribution in [-0.2, 0) is 11.3 Å². The normalized spacial score (nSPS) is 22.3. The highest BCUT2D eigenvalue weighted by atomic mass is 32.2. The summed E-state index contributed by atoms with van der Waals surface area (Å²) in [6.07, 6.45) is 3.17. The largest absolute Gasteiger partial charge is 0.494 e. The molecule has 29 heavy (non-hydrogen) atoms. The minimum Gasteiger partial charge on any atom is -0.494 e. The molecule has 4 rings (SSSR count). The third-order valence-corrected chi connectivity index (χ3v) is 6.78. The van der Waals surface area contributed by atoms with E-state index in [9.17, 15) is 0 Å². The molecule has 2 atom stereocenters. The van der Waals surface area contributed by atoms with Gasteiger partial charge in [-0.05, 0) is 60.6 Å². The van der Waals surface area contributed by atoms with Gasteiger partial charge in [0, 0.05) is 43.0 Å². The number of rotatable bonds is 7. The van der Waals surface area contributed by atoms with Crippen molar-refractivity contribution in [1.82, 2.24) is 10.2 Å². The lowest BCUT2D eigenvalue weighted by Crippen LogP contribution is -2.44. The number of fused-ring (bicyclic) bond motifs is 1. The number of morpholine rings is 1. The zero-order valence-electron chi connectivity index (χ0n) is 17.5. The van der Waals surface area contributed by atoms with Crippen molar-refractivity contribution >= 4 is 11.8 Å². The first-order valence-electron chi connectivity index (χ1n) is 10.7. The minimum absolute atomic E-state index is 0.409. The van der Waals surface area contributed by atoms with Crippen molar-refractivity contribution in [2.24, 2.45) is 0 Å².